The van der Waals surface area contributed by atoms with E-state index in [1.165, 1.54) is 0 Å². The van der Waals surface area contributed by atoms with Gasteiger partial charge in [-0.2, -0.15) is 0 Å². The molecular weight excluding hydrogens is 206 g/mol. The van der Waals surface area contributed by atoms with Crippen molar-refractivity contribution in [2.75, 3.05) is 6.61 Å². The van der Waals surface area contributed by atoms with Gasteiger partial charge in [-0.25, -0.2) is 0 Å². The van der Waals surface area contributed by atoms with Crippen LogP contribution in [0.3, 0.4) is 0 Å². The molecule has 0 spiro atoms. The highest BCUT2D eigenvalue weighted by Crippen LogP contribution is 2.17. The van der Waals surface area contributed by atoms with Crippen LogP contribution >= 0.6 is 0 Å². The first-order chi connectivity index (χ1) is 7.85. The van der Waals surface area contributed by atoms with Crippen LogP contribution in [0, 0.1) is 0 Å². The molecule has 0 saturated carbocycles. The molecule has 0 aliphatic carbocycles. The molecule has 16 heavy (non-hydrogen) atoms. The maximum atomic E-state index is 9.16. The first-order valence-corrected chi connectivity index (χ1v) is 5.98. The molecule has 2 heterocycles. The van der Waals surface area contributed by atoms with Crippen LogP contribution in [0.15, 0.2) is 0 Å². The van der Waals surface area contributed by atoms with E-state index >= 15 is 0 Å². The molecule has 1 aromatic heterocycles. The fourth-order valence-corrected chi connectivity index (χ4v) is 2.13. The first kappa shape index (κ1) is 11.5. The molecule has 1 aliphatic heterocycles. The van der Waals surface area contributed by atoms with Crippen molar-refractivity contribution in [3.8, 4) is 0 Å². The van der Waals surface area contributed by atoms with Crippen LogP contribution in [-0.4, -0.2) is 32.6 Å². The van der Waals surface area contributed by atoms with Gasteiger partial charge in [-0.1, -0.05) is 6.92 Å². The third kappa shape index (κ3) is 2.41. The van der Waals surface area contributed by atoms with E-state index in [1.807, 2.05) is 4.57 Å². The van der Waals surface area contributed by atoms with Gasteiger partial charge < -0.3 is 14.4 Å². The first-order valence-electron chi connectivity index (χ1n) is 5.98. The second kappa shape index (κ2) is 5.41. The van der Waals surface area contributed by atoms with Gasteiger partial charge in [0.1, 0.15) is 12.4 Å². The van der Waals surface area contributed by atoms with E-state index in [1.54, 1.807) is 0 Å². The minimum atomic E-state index is -0.0431. The molecule has 5 nitrogen and oxygen atoms in total. The fraction of sp³-hybridized carbons (Fsp3) is 0.818. The van der Waals surface area contributed by atoms with Gasteiger partial charge in [-0.15, -0.1) is 10.2 Å². The van der Waals surface area contributed by atoms with E-state index in [2.05, 4.69) is 17.1 Å². The Morgan fingerprint density at radius 3 is 2.88 bits per heavy atom. The molecule has 2 rings (SSSR count). The van der Waals surface area contributed by atoms with Crippen LogP contribution in [0.5, 0.6) is 0 Å². The van der Waals surface area contributed by atoms with Crippen molar-refractivity contribution in [3.05, 3.63) is 11.6 Å². The molecule has 1 unspecified atom stereocenters. The zero-order chi connectivity index (χ0) is 11.4. The fourth-order valence-electron chi connectivity index (χ4n) is 2.13. The summed E-state index contributed by atoms with van der Waals surface area (Å²) < 4.78 is 7.60. The number of rotatable bonds is 5. The Morgan fingerprint density at radius 2 is 2.25 bits per heavy atom. The third-order valence-corrected chi connectivity index (χ3v) is 2.93. The molecule has 0 amide bonds. The predicted molar refractivity (Wildman–Crippen MR) is 58.9 cm³/mol. The number of aromatic nitrogens is 3. The van der Waals surface area contributed by atoms with Crippen LogP contribution in [0.4, 0.5) is 0 Å². The number of ether oxygens (including phenoxy) is 1. The smallest absolute Gasteiger partial charge is 0.158 e. The third-order valence-electron chi connectivity index (χ3n) is 2.93. The van der Waals surface area contributed by atoms with Gasteiger partial charge in [0.15, 0.2) is 5.82 Å². The molecule has 1 aromatic rings. The Kier molecular flexibility index (Phi) is 3.90. The number of hydrogen-bond acceptors (Lipinski definition) is 4. The van der Waals surface area contributed by atoms with Crippen LogP contribution in [0.2, 0.25) is 0 Å². The summed E-state index contributed by atoms with van der Waals surface area (Å²) in [4.78, 5) is 0. The quantitative estimate of drug-likeness (QED) is 0.809. The Hall–Kier alpha value is -0.940. The van der Waals surface area contributed by atoms with Gasteiger partial charge in [0.25, 0.3) is 0 Å². The number of aliphatic hydroxyl groups is 1. The molecule has 0 aromatic carbocycles. The summed E-state index contributed by atoms with van der Waals surface area (Å²) in [7, 11) is 0. The van der Waals surface area contributed by atoms with Gasteiger partial charge in [0.2, 0.25) is 0 Å². The molecule has 1 atom stereocenters. The molecule has 5 heteroatoms. The maximum absolute atomic E-state index is 9.16. The topological polar surface area (TPSA) is 60.2 Å². The lowest BCUT2D eigenvalue weighted by Crippen LogP contribution is -2.15. The lowest BCUT2D eigenvalue weighted by Gasteiger charge is -2.11. The van der Waals surface area contributed by atoms with Gasteiger partial charge in [-0.05, 0) is 19.3 Å². The second-order valence-corrected chi connectivity index (χ2v) is 4.18. The van der Waals surface area contributed by atoms with Crippen LogP contribution < -0.4 is 0 Å². The lowest BCUT2D eigenvalue weighted by atomic mass is 10.2. The summed E-state index contributed by atoms with van der Waals surface area (Å²) in [6.45, 7) is 3.79. The standard InChI is InChI=1S/C11H19N3O2/c1-2-5-14-10(12-13-11(14)8-15)7-9-4-3-6-16-9/h9,15H,2-8H2,1H3. The Labute approximate surface area is 95.4 Å². The van der Waals surface area contributed by atoms with Crippen molar-refractivity contribution in [3.63, 3.8) is 0 Å². The SMILES string of the molecule is CCCn1c(CO)nnc1CC1CCCO1. The molecule has 1 fully saturated rings. The largest absolute Gasteiger partial charge is 0.388 e. The maximum Gasteiger partial charge on any atom is 0.158 e. The van der Waals surface area contributed by atoms with Crippen molar-refractivity contribution in [2.24, 2.45) is 0 Å². The average Bonchev–Trinajstić information content (AvgIpc) is 2.91. The molecule has 0 bridgehead atoms. The number of nitrogens with zero attached hydrogens (tertiary/aromatic N) is 3. The highest BCUT2D eigenvalue weighted by Gasteiger charge is 2.20. The predicted octanol–water partition coefficient (Wildman–Crippen LogP) is 0.902. The van der Waals surface area contributed by atoms with E-state index in [9.17, 15) is 0 Å². The van der Waals surface area contributed by atoms with Crippen molar-refractivity contribution < 1.29 is 9.84 Å². The highest BCUT2D eigenvalue weighted by atomic mass is 16.5. The monoisotopic (exact) mass is 225 g/mol. The van der Waals surface area contributed by atoms with Gasteiger partial charge in [0, 0.05) is 19.6 Å². The molecule has 1 aliphatic rings. The van der Waals surface area contributed by atoms with E-state index < -0.39 is 0 Å². The normalized spacial score (nSPS) is 20.5. The summed E-state index contributed by atoms with van der Waals surface area (Å²) in [6, 6.07) is 0. The van der Waals surface area contributed by atoms with Crippen LogP contribution in [-0.2, 0) is 24.3 Å². The average molecular weight is 225 g/mol. The van der Waals surface area contributed by atoms with Gasteiger partial charge in [-0.3, -0.25) is 0 Å². The summed E-state index contributed by atoms with van der Waals surface area (Å²) in [5.74, 6) is 1.60. The summed E-state index contributed by atoms with van der Waals surface area (Å²) in [6.07, 6.45) is 4.36. The molecular formula is C11H19N3O2. The van der Waals surface area contributed by atoms with Gasteiger partial charge in [0.05, 0.1) is 6.10 Å². The minimum Gasteiger partial charge on any atom is -0.388 e. The minimum absolute atomic E-state index is 0.0431. The van der Waals surface area contributed by atoms with Crippen molar-refractivity contribution >= 4 is 0 Å². The van der Waals surface area contributed by atoms with Gasteiger partial charge >= 0.3 is 0 Å². The van der Waals surface area contributed by atoms with Crippen molar-refractivity contribution in [2.45, 2.75) is 51.9 Å². The van der Waals surface area contributed by atoms with Crippen LogP contribution in [0.25, 0.3) is 0 Å². The van der Waals surface area contributed by atoms with Crippen molar-refractivity contribution in [1.29, 1.82) is 0 Å². The van der Waals surface area contributed by atoms with E-state index in [0.717, 1.165) is 44.7 Å². The Balaban J connectivity index is 2.09. The second-order valence-electron chi connectivity index (χ2n) is 4.18. The number of hydrogen-bond donors (Lipinski definition) is 1. The molecule has 0 radical (unpaired) electrons. The Morgan fingerprint density at radius 1 is 1.44 bits per heavy atom. The van der Waals surface area contributed by atoms with Crippen LogP contribution in [0.1, 0.15) is 37.8 Å². The molecule has 1 N–H and O–H groups in total. The summed E-state index contributed by atoms with van der Waals surface area (Å²) in [5, 5.41) is 17.3. The van der Waals surface area contributed by atoms with E-state index in [0.29, 0.717) is 5.82 Å². The highest BCUT2D eigenvalue weighted by molar-refractivity contribution is 4.97. The molecule has 1 saturated heterocycles. The molecule has 90 valence electrons. The lowest BCUT2D eigenvalue weighted by molar-refractivity contribution is 0.109. The van der Waals surface area contributed by atoms with E-state index in [4.69, 9.17) is 9.84 Å². The number of aliphatic hydroxyl groups excluding tert-OH is 1. The van der Waals surface area contributed by atoms with E-state index in [-0.39, 0.29) is 12.7 Å². The van der Waals surface area contributed by atoms with Crippen molar-refractivity contribution in [1.82, 2.24) is 14.8 Å². The zero-order valence-electron chi connectivity index (χ0n) is 9.72. The Bertz CT molecular complexity index is 332. The summed E-state index contributed by atoms with van der Waals surface area (Å²) in [5.41, 5.74) is 0. The zero-order valence-corrected chi connectivity index (χ0v) is 9.72. The summed E-state index contributed by atoms with van der Waals surface area (Å²) >= 11 is 0.